The molecule has 7 heteroatoms. The summed E-state index contributed by atoms with van der Waals surface area (Å²) < 4.78 is 0. The van der Waals surface area contributed by atoms with Crippen molar-refractivity contribution in [2.75, 3.05) is 20.1 Å². The number of carbonyl (C=O) groups is 2. The van der Waals surface area contributed by atoms with Gasteiger partial charge in [-0.25, -0.2) is 0 Å². The summed E-state index contributed by atoms with van der Waals surface area (Å²) in [7, 11) is 2.11. The third-order valence-corrected chi connectivity index (χ3v) is 7.19. The number of likely N-dealkylation sites (N-methyl/N-ethyl adjacent to an activating group) is 1. The van der Waals surface area contributed by atoms with Crippen molar-refractivity contribution in [2.24, 2.45) is 0 Å². The predicted octanol–water partition coefficient (Wildman–Crippen LogP) is 2.22. The highest BCUT2D eigenvalue weighted by molar-refractivity contribution is 7.09. The second-order valence-electron chi connectivity index (χ2n) is 8.22. The van der Waals surface area contributed by atoms with E-state index in [-0.39, 0.29) is 29.9 Å². The van der Waals surface area contributed by atoms with E-state index in [1.807, 2.05) is 30.3 Å². The first kappa shape index (κ1) is 21.0. The van der Waals surface area contributed by atoms with Gasteiger partial charge in [0.2, 0.25) is 11.8 Å². The third-order valence-electron chi connectivity index (χ3n) is 6.33. The minimum Gasteiger partial charge on any atom is -0.353 e. The Balaban J connectivity index is 1.31. The predicted molar refractivity (Wildman–Crippen MR) is 119 cm³/mol. The number of carbonyl (C=O) groups excluding carboxylic acids is 2. The lowest BCUT2D eigenvalue weighted by Gasteiger charge is -2.33. The van der Waals surface area contributed by atoms with Gasteiger partial charge in [0.25, 0.3) is 0 Å². The van der Waals surface area contributed by atoms with E-state index < -0.39 is 0 Å². The number of hydrogen-bond donors (Lipinski definition) is 2. The van der Waals surface area contributed by atoms with Crippen LogP contribution in [0.4, 0.5) is 0 Å². The molecule has 160 valence electrons. The van der Waals surface area contributed by atoms with Crippen molar-refractivity contribution >= 4 is 23.2 Å². The molecular formula is C23H30N4O2S. The number of nitrogens with zero attached hydrogens (tertiary/aromatic N) is 2. The van der Waals surface area contributed by atoms with Gasteiger partial charge < -0.3 is 10.6 Å². The van der Waals surface area contributed by atoms with Gasteiger partial charge in [-0.15, -0.1) is 11.3 Å². The molecule has 4 rings (SSSR count). The molecule has 0 saturated carbocycles. The highest BCUT2D eigenvalue weighted by atomic mass is 32.1. The summed E-state index contributed by atoms with van der Waals surface area (Å²) in [6.45, 7) is 2.91. The third kappa shape index (κ3) is 4.91. The van der Waals surface area contributed by atoms with Crippen LogP contribution < -0.4 is 10.6 Å². The maximum absolute atomic E-state index is 12.9. The highest BCUT2D eigenvalue weighted by Gasteiger charge is 2.44. The van der Waals surface area contributed by atoms with Crippen LogP contribution in [0.2, 0.25) is 0 Å². The molecule has 0 spiro atoms. The lowest BCUT2D eigenvalue weighted by Crippen LogP contribution is -2.49. The molecule has 0 radical (unpaired) electrons. The molecule has 2 fully saturated rings. The Morgan fingerprint density at radius 3 is 2.83 bits per heavy atom. The molecule has 2 saturated heterocycles. The zero-order valence-electron chi connectivity index (χ0n) is 17.4. The monoisotopic (exact) mass is 426 g/mol. The molecule has 0 aliphatic carbocycles. The van der Waals surface area contributed by atoms with Gasteiger partial charge in [-0.3, -0.25) is 19.4 Å². The maximum atomic E-state index is 12.9. The largest absolute Gasteiger partial charge is 0.353 e. The fraction of sp³-hybridized carbons (Fsp3) is 0.478. The first-order valence-corrected chi connectivity index (χ1v) is 11.6. The van der Waals surface area contributed by atoms with Gasteiger partial charge in [0.1, 0.15) is 6.04 Å². The Labute approximate surface area is 182 Å². The summed E-state index contributed by atoms with van der Waals surface area (Å²) >= 11 is 1.74. The van der Waals surface area contributed by atoms with Crippen LogP contribution in [0.15, 0.2) is 47.8 Å². The van der Waals surface area contributed by atoms with Crippen LogP contribution in [0.5, 0.6) is 0 Å². The molecule has 30 heavy (non-hydrogen) atoms. The molecule has 2 N–H and O–H groups in total. The van der Waals surface area contributed by atoms with Crippen LogP contribution in [0.1, 0.15) is 29.7 Å². The summed E-state index contributed by atoms with van der Waals surface area (Å²) in [6.07, 6.45) is 2.19. The molecule has 3 unspecified atom stereocenters. The number of thiophene rings is 1. The Morgan fingerprint density at radius 1 is 1.23 bits per heavy atom. The zero-order valence-corrected chi connectivity index (χ0v) is 18.2. The van der Waals surface area contributed by atoms with E-state index >= 15 is 0 Å². The van der Waals surface area contributed by atoms with Gasteiger partial charge in [-0.1, -0.05) is 36.4 Å². The van der Waals surface area contributed by atoms with E-state index in [0.29, 0.717) is 19.5 Å². The van der Waals surface area contributed by atoms with Gasteiger partial charge in [0.05, 0.1) is 0 Å². The number of benzene rings is 1. The lowest BCUT2D eigenvalue weighted by atomic mass is 10.0. The minimum absolute atomic E-state index is 0.0603. The average Bonchev–Trinajstić information content (AvgIpc) is 3.40. The van der Waals surface area contributed by atoms with Crippen molar-refractivity contribution in [3.63, 3.8) is 0 Å². The van der Waals surface area contributed by atoms with Crippen LogP contribution in [0, 0.1) is 0 Å². The fourth-order valence-electron chi connectivity index (χ4n) is 4.61. The molecule has 2 aliphatic heterocycles. The Hall–Kier alpha value is -2.22. The lowest BCUT2D eigenvalue weighted by molar-refractivity contribution is -0.126. The smallest absolute Gasteiger partial charge is 0.239 e. The van der Waals surface area contributed by atoms with Crippen molar-refractivity contribution in [1.29, 1.82) is 0 Å². The van der Waals surface area contributed by atoms with Gasteiger partial charge >= 0.3 is 0 Å². The van der Waals surface area contributed by atoms with Crippen LogP contribution in [-0.4, -0.2) is 59.9 Å². The fourth-order valence-corrected chi connectivity index (χ4v) is 5.34. The summed E-state index contributed by atoms with van der Waals surface area (Å²) in [5.41, 5.74) is 1.10. The van der Waals surface area contributed by atoms with E-state index in [4.69, 9.17) is 0 Å². The first-order chi connectivity index (χ1) is 14.6. The summed E-state index contributed by atoms with van der Waals surface area (Å²) in [6, 6.07) is 14.4. The molecular weight excluding hydrogens is 396 g/mol. The number of amides is 2. The summed E-state index contributed by atoms with van der Waals surface area (Å²) in [5.74, 6) is 0.182. The topological polar surface area (TPSA) is 64.7 Å². The van der Waals surface area contributed by atoms with Gasteiger partial charge in [-0.2, -0.15) is 0 Å². The number of fused-ring (bicyclic) bond motifs is 1. The van der Waals surface area contributed by atoms with Crippen molar-refractivity contribution in [2.45, 2.75) is 50.5 Å². The summed E-state index contributed by atoms with van der Waals surface area (Å²) in [5, 5.41) is 8.23. The SMILES string of the molecule is CN1C(CCC(=O)NCc2ccccc2)CNC(=O)C2C1CCN2Cc1cccs1. The highest BCUT2D eigenvalue weighted by Crippen LogP contribution is 2.29. The number of nitrogens with one attached hydrogen (secondary N) is 2. The molecule has 2 aliphatic rings. The van der Waals surface area contributed by atoms with Gasteiger partial charge in [-0.05, 0) is 36.9 Å². The normalized spacial score (nSPS) is 24.8. The molecule has 3 atom stereocenters. The van der Waals surface area contributed by atoms with E-state index in [1.165, 1.54) is 4.88 Å². The van der Waals surface area contributed by atoms with Crippen LogP contribution in [0.25, 0.3) is 0 Å². The molecule has 2 aromatic rings. The minimum atomic E-state index is -0.117. The molecule has 1 aromatic carbocycles. The molecule has 6 nitrogen and oxygen atoms in total. The van der Waals surface area contributed by atoms with Gasteiger partial charge in [0, 0.05) is 49.6 Å². The van der Waals surface area contributed by atoms with Crippen LogP contribution in [0.3, 0.4) is 0 Å². The average molecular weight is 427 g/mol. The molecule has 3 heterocycles. The van der Waals surface area contributed by atoms with E-state index in [0.717, 1.165) is 31.5 Å². The maximum Gasteiger partial charge on any atom is 0.239 e. The number of likely N-dealkylation sites (tertiary alicyclic amines) is 1. The quantitative estimate of drug-likeness (QED) is 0.713. The number of hydrogen-bond acceptors (Lipinski definition) is 5. The van der Waals surface area contributed by atoms with Crippen LogP contribution >= 0.6 is 11.3 Å². The molecule has 0 bridgehead atoms. The molecule has 1 aromatic heterocycles. The van der Waals surface area contributed by atoms with E-state index in [1.54, 1.807) is 11.3 Å². The summed E-state index contributed by atoms with van der Waals surface area (Å²) in [4.78, 5) is 31.1. The Kier molecular flexibility index (Phi) is 6.82. The van der Waals surface area contributed by atoms with E-state index in [2.05, 4.69) is 45.0 Å². The van der Waals surface area contributed by atoms with Crippen molar-refractivity contribution < 1.29 is 9.59 Å². The molecule has 2 amide bonds. The zero-order chi connectivity index (χ0) is 20.9. The first-order valence-electron chi connectivity index (χ1n) is 10.7. The number of rotatable bonds is 7. The second-order valence-corrected chi connectivity index (χ2v) is 9.25. The standard InChI is InChI=1S/C23H30N4O2S/c1-26-18(9-10-21(28)24-14-17-6-3-2-4-7-17)15-25-23(29)22-20(26)11-12-27(22)16-19-8-5-13-30-19/h2-8,13,18,20,22H,9-12,14-16H2,1H3,(H,24,28)(H,25,29). The Bertz CT molecular complexity index is 842. The second kappa shape index (κ2) is 9.73. The van der Waals surface area contributed by atoms with Crippen molar-refractivity contribution in [3.8, 4) is 0 Å². The van der Waals surface area contributed by atoms with Crippen molar-refractivity contribution in [3.05, 3.63) is 58.3 Å². The Morgan fingerprint density at radius 2 is 2.07 bits per heavy atom. The van der Waals surface area contributed by atoms with E-state index in [9.17, 15) is 9.59 Å². The van der Waals surface area contributed by atoms with Gasteiger partial charge in [0.15, 0.2) is 0 Å². The van der Waals surface area contributed by atoms with Crippen LogP contribution in [-0.2, 0) is 22.7 Å². The van der Waals surface area contributed by atoms with Crippen molar-refractivity contribution in [1.82, 2.24) is 20.4 Å².